The van der Waals surface area contributed by atoms with Crippen LogP contribution < -0.4 is 18.9 Å². The van der Waals surface area contributed by atoms with Crippen molar-refractivity contribution < 1.29 is 44.2 Å². The smallest absolute Gasteiger partial charge is 0.335 e. The predicted molar refractivity (Wildman–Crippen MR) is 103 cm³/mol. The van der Waals surface area contributed by atoms with E-state index in [4.69, 9.17) is 18.9 Å². The van der Waals surface area contributed by atoms with Crippen LogP contribution in [0.3, 0.4) is 0 Å². The number of ether oxygens (including phenoxy) is 4. The van der Waals surface area contributed by atoms with Crippen LogP contribution in [-0.4, -0.2) is 60.9 Å². The molecule has 0 aliphatic heterocycles. The third-order valence-electron chi connectivity index (χ3n) is 4.08. The molecule has 0 aliphatic carbocycles. The van der Waals surface area contributed by atoms with Crippen molar-refractivity contribution in [3.63, 3.8) is 0 Å². The predicted octanol–water partition coefficient (Wildman–Crippen LogP) is 2.28. The van der Waals surface area contributed by atoms with Gasteiger partial charge in [0.05, 0.1) is 33.5 Å². The Kier molecular flexibility index (Phi) is 7.15. The molecule has 0 bridgehead atoms. The van der Waals surface area contributed by atoms with E-state index in [1.807, 2.05) is 0 Å². The Balaban J connectivity index is 2.40. The number of carboxylic acid groups (broad SMARTS) is 1. The Bertz CT molecular complexity index is 893. The van der Waals surface area contributed by atoms with Gasteiger partial charge in [0, 0.05) is 0 Å². The zero-order chi connectivity index (χ0) is 21.6. The first-order chi connectivity index (χ1) is 13.9. The van der Waals surface area contributed by atoms with Crippen molar-refractivity contribution in [2.45, 2.75) is 0 Å². The van der Waals surface area contributed by atoms with Crippen molar-refractivity contribution >= 4 is 11.5 Å². The minimum absolute atomic E-state index is 0.0550. The number of carboxylic acids is 1. The van der Waals surface area contributed by atoms with Crippen molar-refractivity contribution in [1.29, 1.82) is 0 Å². The molecule has 0 saturated carbocycles. The average Bonchev–Trinajstić information content (AvgIpc) is 2.72. The fraction of sp³-hybridized carbons (Fsp3) is 0.250. The molecule has 9 heteroatoms. The zero-order valence-corrected chi connectivity index (χ0v) is 16.1. The van der Waals surface area contributed by atoms with Gasteiger partial charge in [0.25, 0.3) is 0 Å². The second-order valence-electron chi connectivity index (χ2n) is 5.76. The van der Waals surface area contributed by atoms with Gasteiger partial charge in [-0.15, -0.1) is 0 Å². The SMILES string of the molecule is COc1cc(/C(=C/CO)COc2cc(C(=O)O)cc(OC)c2O)cc(OC)c1O. The van der Waals surface area contributed by atoms with Crippen molar-refractivity contribution in [1.82, 2.24) is 0 Å². The second kappa shape index (κ2) is 9.56. The lowest BCUT2D eigenvalue weighted by molar-refractivity contribution is 0.0696. The minimum Gasteiger partial charge on any atom is -0.502 e. The largest absolute Gasteiger partial charge is 0.502 e. The third-order valence-corrected chi connectivity index (χ3v) is 4.08. The number of methoxy groups -OCH3 is 3. The molecule has 4 N–H and O–H groups in total. The highest BCUT2D eigenvalue weighted by Crippen LogP contribution is 2.40. The van der Waals surface area contributed by atoms with Gasteiger partial charge in [-0.3, -0.25) is 0 Å². The zero-order valence-electron chi connectivity index (χ0n) is 16.1. The second-order valence-corrected chi connectivity index (χ2v) is 5.76. The molecule has 0 heterocycles. The number of carbonyl (C=O) groups is 1. The summed E-state index contributed by atoms with van der Waals surface area (Å²) in [6.07, 6.45) is 1.46. The van der Waals surface area contributed by atoms with Gasteiger partial charge in [-0.1, -0.05) is 6.08 Å². The fourth-order valence-electron chi connectivity index (χ4n) is 2.58. The lowest BCUT2D eigenvalue weighted by Crippen LogP contribution is -2.05. The molecule has 0 aliphatic rings. The lowest BCUT2D eigenvalue weighted by Gasteiger charge is -2.16. The van der Waals surface area contributed by atoms with Crippen molar-refractivity contribution in [2.24, 2.45) is 0 Å². The van der Waals surface area contributed by atoms with Gasteiger partial charge in [0.1, 0.15) is 6.61 Å². The Morgan fingerprint density at radius 1 is 0.862 bits per heavy atom. The maximum atomic E-state index is 11.3. The summed E-state index contributed by atoms with van der Waals surface area (Å²) in [6, 6.07) is 5.38. The Morgan fingerprint density at radius 3 is 1.76 bits per heavy atom. The van der Waals surface area contributed by atoms with Crippen molar-refractivity contribution in [3.8, 4) is 34.5 Å². The fourth-order valence-corrected chi connectivity index (χ4v) is 2.58. The van der Waals surface area contributed by atoms with E-state index in [2.05, 4.69) is 0 Å². The molecular weight excluding hydrogens is 384 g/mol. The van der Waals surface area contributed by atoms with Crippen LogP contribution in [0.2, 0.25) is 0 Å². The van der Waals surface area contributed by atoms with Gasteiger partial charge in [-0.2, -0.15) is 0 Å². The van der Waals surface area contributed by atoms with Crippen LogP contribution in [0, 0.1) is 0 Å². The Labute approximate surface area is 167 Å². The first-order valence-electron chi connectivity index (χ1n) is 8.38. The molecule has 2 rings (SSSR count). The lowest BCUT2D eigenvalue weighted by atomic mass is 10.0. The van der Waals surface area contributed by atoms with Crippen LogP contribution in [0.15, 0.2) is 30.3 Å². The summed E-state index contributed by atoms with van der Waals surface area (Å²) in [5.41, 5.74) is 0.866. The molecule has 0 saturated heterocycles. The third kappa shape index (κ3) is 4.82. The van der Waals surface area contributed by atoms with E-state index in [-0.39, 0.29) is 53.3 Å². The first-order valence-corrected chi connectivity index (χ1v) is 8.38. The molecular formula is C20H22O9. The van der Waals surface area contributed by atoms with Crippen LogP contribution in [0.25, 0.3) is 5.57 Å². The number of hydrogen-bond acceptors (Lipinski definition) is 8. The van der Waals surface area contributed by atoms with E-state index < -0.39 is 5.97 Å². The quantitative estimate of drug-likeness (QED) is 0.494. The molecule has 29 heavy (non-hydrogen) atoms. The summed E-state index contributed by atoms with van der Waals surface area (Å²) in [5, 5.41) is 38.9. The summed E-state index contributed by atoms with van der Waals surface area (Å²) in [6.45, 7) is -0.452. The summed E-state index contributed by atoms with van der Waals surface area (Å²) >= 11 is 0. The molecule has 0 amide bonds. The molecule has 156 valence electrons. The van der Waals surface area contributed by atoms with Crippen LogP contribution in [0.4, 0.5) is 0 Å². The first kappa shape index (κ1) is 21.7. The van der Waals surface area contributed by atoms with Gasteiger partial charge in [-0.05, 0) is 35.4 Å². The summed E-state index contributed by atoms with van der Waals surface area (Å²) < 4.78 is 20.8. The topological polar surface area (TPSA) is 135 Å². The summed E-state index contributed by atoms with van der Waals surface area (Å²) in [5.74, 6) is -1.61. The summed E-state index contributed by atoms with van der Waals surface area (Å²) in [4.78, 5) is 11.3. The number of hydrogen-bond donors (Lipinski definition) is 4. The van der Waals surface area contributed by atoms with E-state index >= 15 is 0 Å². The minimum atomic E-state index is -1.22. The van der Waals surface area contributed by atoms with Gasteiger partial charge < -0.3 is 39.4 Å². The number of phenols is 2. The van der Waals surface area contributed by atoms with Crippen LogP contribution in [0.1, 0.15) is 15.9 Å². The number of phenolic OH excluding ortho intramolecular Hbond substituents is 2. The van der Waals surface area contributed by atoms with Gasteiger partial charge in [-0.25, -0.2) is 4.79 Å². The number of aliphatic hydroxyl groups excluding tert-OH is 1. The number of aliphatic hydroxyl groups is 1. The van der Waals surface area contributed by atoms with Gasteiger partial charge in [0.15, 0.2) is 23.0 Å². The van der Waals surface area contributed by atoms with E-state index in [1.165, 1.54) is 45.6 Å². The van der Waals surface area contributed by atoms with Crippen LogP contribution >= 0.6 is 0 Å². The highest BCUT2D eigenvalue weighted by atomic mass is 16.5. The van der Waals surface area contributed by atoms with E-state index in [1.54, 1.807) is 0 Å². The van der Waals surface area contributed by atoms with Crippen molar-refractivity contribution in [2.75, 3.05) is 34.5 Å². The number of aromatic carboxylic acids is 1. The standard InChI is InChI=1S/C20H22O9/c1-26-14-6-12(7-15(27-2)18(14)22)11(4-5-21)10-29-17-9-13(20(24)25)8-16(28-3)19(17)23/h4,6-9,21-23H,5,10H2,1-3H3,(H,24,25)/b11-4+. The molecule has 0 unspecified atom stereocenters. The molecule has 0 aromatic heterocycles. The summed E-state index contributed by atoms with van der Waals surface area (Å²) in [7, 11) is 4.05. The molecule has 0 fully saturated rings. The maximum absolute atomic E-state index is 11.3. The van der Waals surface area contributed by atoms with E-state index in [0.717, 1.165) is 6.07 Å². The monoisotopic (exact) mass is 406 g/mol. The maximum Gasteiger partial charge on any atom is 0.335 e. The van der Waals surface area contributed by atoms with E-state index in [0.29, 0.717) is 11.1 Å². The Hall–Kier alpha value is -3.59. The Morgan fingerprint density at radius 2 is 1.31 bits per heavy atom. The molecule has 2 aromatic carbocycles. The van der Waals surface area contributed by atoms with Gasteiger partial charge >= 0.3 is 5.97 Å². The van der Waals surface area contributed by atoms with Crippen LogP contribution in [0.5, 0.6) is 34.5 Å². The number of rotatable bonds is 9. The average molecular weight is 406 g/mol. The highest BCUT2D eigenvalue weighted by Gasteiger charge is 2.18. The van der Waals surface area contributed by atoms with E-state index in [9.17, 15) is 25.2 Å². The normalized spacial score (nSPS) is 11.1. The molecule has 2 aromatic rings. The molecule has 9 nitrogen and oxygen atoms in total. The number of benzene rings is 2. The van der Waals surface area contributed by atoms with Crippen molar-refractivity contribution in [3.05, 3.63) is 41.5 Å². The molecule has 0 spiro atoms. The van der Waals surface area contributed by atoms with Gasteiger partial charge in [0.2, 0.25) is 11.5 Å². The molecule has 0 radical (unpaired) electrons. The highest BCUT2D eigenvalue weighted by molar-refractivity contribution is 5.89. The molecule has 0 atom stereocenters. The number of aromatic hydroxyl groups is 2. The van der Waals surface area contributed by atoms with Crippen LogP contribution in [-0.2, 0) is 0 Å².